The Hall–Kier alpha value is -6.04. The quantitative estimate of drug-likeness (QED) is 0.0947. The second-order valence-corrected chi connectivity index (χ2v) is 17.6. The molecule has 8 N–H and O–H groups in total. The SMILES string of the molecule is CC(=O)NC1C(OC2OC(C(=O)N3CCN(c4ccc(NC(=O)CNC(=O)n5ccc6c(N(C)[C@H]7CN(C(=O)CC#N)CC[C@H]7C)ncnc65)cc4)CC3)C(O)C(O)C2O)C(O)C(CO)O[C@@H]1C. The lowest BCUT2D eigenvalue weighted by Crippen LogP contribution is -2.68. The average Bonchev–Trinajstić information content (AvgIpc) is 3.77. The summed E-state index contributed by atoms with van der Waals surface area (Å²) in [6, 6.07) is 8.96. The van der Waals surface area contributed by atoms with Gasteiger partial charge in [-0.3, -0.25) is 23.7 Å². The van der Waals surface area contributed by atoms with Gasteiger partial charge in [-0.15, -0.1) is 0 Å². The maximum Gasteiger partial charge on any atom is 0.327 e. The minimum atomic E-state index is -1.88. The average molecular weight is 950 g/mol. The van der Waals surface area contributed by atoms with Crippen LogP contribution in [-0.2, 0) is 33.4 Å². The zero-order chi connectivity index (χ0) is 49.0. The molecular weight excluding hydrogens is 891 g/mol. The highest BCUT2D eigenvalue weighted by molar-refractivity contribution is 5.98. The van der Waals surface area contributed by atoms with Gasteiger partial charge in [-0.25, -0.2) is 14.8 Å². The molecule has 12 atom stereocenters. The zero-order valence-electron chi connectivity index (χ0n) is 38.1. The van der Waals surface area contributed by atoms with Crippen LogP contribution in [0.3, 0.4) is 0 Å². The number of nitrogens with one attached hydrogen (secondary N) is 3. The van der Waals surface area contributed by atoms with Gasteiger partial charge in [0.2, 0.25) is 17.7 Å². The van der Waals surface area contributed by atoms with Gasteiger partial charge in [-0.05, 0) is 49.6 Å². The summed E-state index contributed by atoms with van der Waals surface area (Å²) in [6.07, 6.45) is -10.1. The van der Waals surface area contributed by atoms with Crippen LogP contribution in [-0.4, -0.2) is 206 Å². The molecule has 0 bridgehead atoms. The zero-order valence-corrected chi connectivity index (χ0v) is 38.1. The molecule has 6 heterocycles. The van der Waals surface area contributed by atoms with Crippen LogP contribution in [0.2, 0.25) is 0 Å². The predicted octanol–water partition coefficient (Wildman–Crippen LogP) is -2.30. The normalized spacial score (nSPS) is 29.7. The first-order valence-electron chi connectivity index (χ1n) is 22.5. The van der Waals surface area contributed by atoms with Crippen LogP contribution >= 0.6 is 0 Å². The van der Waals surface area contributed by atoms with E-state index in [-0.39, 0.29) is 43.9 Å². The molecule has 368 valence electrons. The Morgan fingerprint density at radius 3 is 2.32 bits per heavy atom. The van der Waals surface area contributed by atoms with E-state index in [4.69, 9.17) is 19.5 Å². The molecule has 4 aliphatic heterocycles. The van der Waals surface area contributed by atoms with Gasteiger partial charge < -0.3 is 75.3 Å². The fourth-order valence-electron chi connectivity index (χ4n) is 9.27. The van der Waals surface area contributed by atoms with Crippen molar-refractivity contribution in [2.75, 3.05) is 74.6 Å². The van der Waals surface area contributed by atoms with Crippen molar-refractivity contribution in [3.05, 3.63) is 42.9 Å². The highest BCUT2D eigenvalue weighted by atomic mass is 16.7. The van der Waals surface area contributed by atoms with Crippen LogP contribution in [0.15, 0.2) is 42.9 Å². The van der Waals surface area contributed by atoms with Crippen molar-refractivity contribution in [2.45, 2.75) is 101 Å². The maximum absolute atomic E-state index is 13.8. The molecule has 4 saturated heterocycles. The number of rotatable bonds is 12. The van der Waals surface area contributed by atoms with Gasteiger partial charge in [0.15, 0.2) is 18.0 Å². The number of aromatic nitrogens is 3. The van der Waals surface area contributed by atoms with Crippen molar-refractivity contribution in [3.8, 4) is 6.07 Å². The smallest absolute Gasteiger partial charge is 0.327 e. The van der Waals surface area contributed by atoms with E-state index in [2.05, 4.69) is 32.8 Å². The van der Waals surface area contributed by atoms with E-state index in [1.165, 1.54) is 22.7 Å². The van der Waals surface area contributed by atoms with Gasteiger partial charge in [0.05, 0.1) is 42.8 Å². The number of piperazine rings is 1. The number of likely N-dealkylation sites (tertiary alicyclic amines) is 1. The van der Waals surface area contributed by atoms with Crippen LogP contribution in [0.4, 0.5) is 22.0 Å². The molecule has 2 aromatic heterocycles. The number of hydrogen-bond donors (Lipinski definition) is 8. The summed E-state index contributed by atoms with van der Waals surface area (Å²) in [5.74, 6) is -1.05. The molecule has 0 saturated carbocycles. The van der Waals surface area contributed by atoms with Gasteiger partial charge in [0, 0.05) is 70.8 Å². The summed E-state index contributed by atoms with van der Waals surface area (Å²) >= 11 is 0. The number of aliphatic hydroxyl groups is 5. The standard InChI is InChI=1S/C44H59N11O13/c1-23-10-13-54(32(59)9-12-45)20-29(23)51(4)40-28-11-14-55(41(28)48-22-47-40)44(65)46-19-31(58)50-26-5-7-27(8-6-26)52-15-17-53(18-16-52)42(64)39-36(62)35(61)37(63)43(68-39)67-38-33(49-25(3)57)24(2)66-30(21-56)34(38)60/h5-8,11,14,22-24,29-30,33-39,43,56,60-63H,9-10,13,15-21H2,1-4H3,(H,46,65)(H,49,57)(H,50,58)/t23-,24-,29+,30?,33?,34?,35?,36?,37?,38?,39?,43?/m1/s1. The molecular formula is C44H59N11O13. The third-order valence-electron chi connectivity index (χ3n) is 13.1. The lowest BCUT2D eigenvalue weighted by atomic mass is 9.92. The Kier molecular flexibility index (Phi) is 15.8. The van der Waals surface area contributed by atoms with Gasteiger partial charge in [0.1, 0.15) is 55.2 Å². The van der Waals surface area contributed by atoms with Crippen LogP contribution in [0, 0.1) is 17.2 Å². The number of piperidine rings is 1. The Labute approximate surface area is 391 Å². The van der Waals surface area contributed by atoms with Crippen molar-refractivity contribution in [1.82, 2.24) is 35.0 Å². The lowest BCUT2D eigenvalue weighted by molar-refractivity contribution is -0.324. The maximum atomic E-state index is 13.8. The summed E-state index contributed by atoms with van der Waals surface area (Å²) < 4.78 is 18.6. The molecule has 5 amide bonds. The molecule has 0 spiro atoms. The summed E-state index contributed by atoms with van der Waals surface area (Å²) in [5, 5.41) is 70.8. The van der Waals surface area contributed by atoms with E-state index >= 15 is 0 Å². The predicted molar refractivity (Wildman–Crippen MR) is 240 cm³/mol. The number of fused-ring (bicyclic) bond motifs is 1. The monoisotopic (exact) mass is 949 g/mol. The minimum Gasteiger partial charge on any atom is -0.394 e. The first-order valence-corrected chi connectivity index (χ1v) is 22.5. The van der Waals surface area contributed by atoms with Crippen LogP contribution in [0.1, 0.15) is 33.6 Å². The first kappa shape index (κ1) is 49.9. The van der Waals surface area contributed by atoms with Crippen molar-refractivity contribution < 1.29 is 63.7 Å². The number of hydrogen-bond acceptors (Lipinski definition) is 18. The molecule has 0 aliphatic carbocycles. The van der Waals surface area contributed by atoms with Crippen LogP contribution in [0.25, 0.3) is 11.0 Å². The molecule has 24 nitrogen and oxygen atoms in total. The van der Waals surface area contributed by atoms with Gasteiger partial charge in [0.25, 0.3) is 5.91 Å². The van der Waals surface area contributed by atoms with Gasteiger partial charge >= 0.3 is 6.03 Å². The molecule has 4 fully saturated rings. The van der Waals surface area contributed by atoms with E-state index in [9.17, 15) is 49.5 Å². The number of likely N-dealkylation sites (N-methyl/N-ethyl adjacent to an activating group) is 1. The van der Waals surface area contributed by atoms with Crippen molar-refractivity contribution in [3.63, 3.8) is 0 Å². The van der Waals surface area contributed by atoms with Crippen LogP contribution in [0.5, 0.6) is 0 Å². The second kappa shape index (κ2) is 21.5. The Balaban J connectivity index is 0.898. The number of carbonyl (C=O) groups is 5. The number of aliphatic hydroxyl groups excluding tert-OH is 5. The second-order valence-electron chi connectivity index (χ2n) is 17.6. The fraction of sp³-hybridized carbons (Fsp3) is 0.591. The minimum absolute atomic E-state index is 0.0922. The number of nitriles is 1. The number of benzene rings is 1. The number of anilines is 3. The molecule has 4 aliphatic rings. The molecule has 1 aromatic carbocycles. The number of nitrogens with zero attached hydrogens (tertiary/aromatic N) is 8. The Morgan fingerprint density at radius 1 is 0.926 bits per heavy atom. The third kappa shape index (κ3) is 10.6. The largest absolute Gasteiger partial charge is 0.394 e. The number of amides is 5. The van der Waals surface area contributed by atoms with E-state index in [0.29, 0.717) is 48.7 Å². The van der Waals surface area contributed by atoms with E-state index < -0.39 is 91.5 Å². The van der Waals surface area contributed by atoms with Gasteiger partial charge in [-0.1, -0.05) is 6.92 Å². The molecule has 3 aromatic rings. The fourth-order valence-corrected chi connectivity index (χ4v) is 9.27. The van der Waals surface area contributed by atoms with E-state index in [1.54, 1.807) is 48.4 Å². The highest BCUT2D eigenvalue weighted by Gasteiger charge is 2.52. The van der Waals surface area contributed by atoms with E-state index in [1.807, 2.05) is 22.9 Å². The molecule has 24 heteroatoms. The Morgan fingerprint density at radius 2 is 1.65 bits per heavy atom. The topological polar surface area (TPSA) is 318 Å². The first-order chi connectivity index (χ1) is 32.5. The molecule has 7 rings (SSSR count). The highest BCUT2D eigenvalue weighted by Crippen LogP contribution is 2.32. The summed E-state index contributed by atoms with van der Waals surface area (Å²) in [6.45, 7) is 6.11. The summed E-state index contributed by atoms with van der Waals surface area (Å²) in [5.41, 5.74) is 1.59. The molecule has 68 heavy (non-hydrogen) atoms. The van der Waals surface area contributed by atoms with Crippen molar-refractivity contribution in [2.24, 2.45) is 5.92 Å². The summed E-state index contributed by atoms with van der Waals surface area (Å²) in [7, 11) is 1.87. The summed E-state index contributed by atoms with van der Waals surface area (Å²) in [4.78, 5) is 80.4. The van der Waals surface area contributed by atoms with Crippen molar-refractivity contribution in [1.29, 1.82) is 5.26 Å². The third-order valence-corrected chi connectivity index (χ3v) is 13.1. The Bertz CT molecular complexity index is 2340. The van der Waals surface area contributed by atoms with E-state index in [0.717, 1.165) is 12.1 Å². The number of ether oxygens (including phenoxy) is 3. The lowest BCUT2D eigenvalue weighted by Gasteiger charge is -2.47. The number of carbonyl (C=O) groups excluding carboxylic acids is 5. The van der Waals surface area contributed by atoms with Crippen molar-refractivity contribution >= 4 is 57.9 Å². The molecule has 9 unspecified atom stereocenters. The molecule has 0 radical (unpaired) electrons. The van der Waals surface area contributed by atoms with Gasteiger partial charge in [-0.2, -0.15) is 5.26 Å². The van der Waals surface area contributed by atoms with Crippen LogP contribution < -0.4 is 25.8 Å².